The maximum absolute atomic E-state index is 11.1. The van der Waals surface area contributed by atoms with Crippen molar-refractivity contribution in [2.45, 2.75) is 58.2 Å². The highest BCUT2D eigenvalue weighted by Crippen LogP contribution is 2.29. The van der Waals surface area contributed by atoms with Crippen molar-refractivity contribution >= 4 is 17.9 Å². The molecule has 0 radical (unpaired) electrons. The molecule has 0 amide bonds. The molecular formula is C14H18O7. The summed E-state index contributed by atoms with van der Waals surface area (Å²) in [4.78, 5) is 33.2. The van der Waals surface area contributed by atoms with Crippen molar-refractivity contribution in [1.29, 1.82) is 0 Å². The lowest BCUT2D eigenvalue weighted by Gasteiger charge is -2.21. The van der Waals surface area contributed by atoms with Crippen LogP contribution in [0.5, 0.6) is 0 Å². The van der Waals surface area contributed by atoms with E-state index in [0.29, 0.717) is 0 Å². The third-order valence-electron chi connectivity index (χ3n) is 2.73. The number of carbonyl (C=O) groups excluding carboxylic acids is 3. The Hall–Kier alpha value is -2.07. The van der Waals surface area contributed by atoms with E-state index in [1.807, 2.05) is 0 Å². The van der Waals surface area contributed by atoms with Crippen molar-refractivity contribution < 1.29 is 33.3 Å². The van der Waals surface area contributed by atoms with Crippen LogP contribution in [0.15, 0.2) is 0 Å². The standard InChI is InChI=1S/C14H18O7/c1-5-6-11(18-8(2)15)12-7-13(19-9(3)16)14(21-12)20-10(4)17/h1,11-14H,6-7H2,2-4H3/t11-,12-,13+,14-/m0/s1. The van der Waals surface area contributed by atoms with E-state index in [9.17, 15) is 14.4 Å². The van der Waals surface area contributed by atoms with Crippen LogP contribution >= 0.6 is 0 Å². The highest BCUT2D eigenvalue weighted by molar-refractivity contribution is 5.67. The van der Waals surface area contributed by atoms with E-state index in [1.165, 1.54) is 20.8 Å². The van der Waals surface area contributed by atoms with Gasteiger partial charge in [-0.1, -0.05) is 0 Å². The molecule has 7 nitrogen and oxygen atoms in total. The SMILES string of the molecule is C#CC[C@H](OC(C)=O)[C@@H]1C[C@@H](OC(C)=O)[C@@H](OC(C)=O)O1. The van der Waals surface area contributed by atoms with Crippen molar-refractivity contribution in [2.24, 2.45) is 0 Å². The van der Waals surface area contributed by atoms with Crippen LogP contribution in [0.1, 0.15) is 33.6 Å². The Morgan fingerprint density at radius 3 is 2.29 bits per heavy atom. The maximum atomic E-state index is 11.1. The number of esters is 3. The van der Waals surface area contributed by atoms with Gasteiger partial charge < -0.3 is 18.9 Å². The average Bonchev–Trinajstić information content (AvgIpc) is 2.69. The van der Waals surface area contributed by atoms with Gasteiger partial charge in [0.15, 0.2) is 6.10 Å². The molecule has 1 saturated heterocycles. The molecule has 116 valence electrons. The Bertz CT molecular complexity index is 427. The molecule has 0 aliphatic carbocycles. The molecule has 1 aliphatic rings. The Morgan fingerprint density at radius 2 is 1.81 bits per heavy atom. The fourth-order valence-corrected chi connectivity index (χ4v) is 2.06. The summed E-state index contributed by atoms with van der Waals surface area (Å²) < 4.78 is 20.6. The normalized spacial score (nSPS) is 25.5. The molecule has 0 saturated carbocycles. The number of rotatable bonds is 5. The van der Waals surface area contributed by atoms with Gasteiger partial charge in [0.2, 0.25) is 6.29 Å². The highest BCUT2D eigenvalue weighted by atomic mass is 16.7. The highest BCUT2D eigenvalue weighted by Gasteiger charge is 2.44. The van der Waals surface area contributed by atoms with Crippen molar-refractivity contribution in [3.05, 3.63) is 0 Å². The first-order valence-corrected chi connectivity index (χ1v) is 6.44. The summed E-state index contributed by atoms with van der Waals surface area (Å²) in [5, 5.41) is 0. The van der Waals surface area contributed by atoms with E-state index in [-0.39, 0.29) is 12.8 Å². The van der Waals surface area contributed by atoms with Crippen LogP contribution in [0.3, 0.4) is 0 Å². The lowest BCUT2D eigenvalue weighted by molar-refractivity contribution is -0.201. The van der Waals surface area contributed by atoms with Gasteiger partial charge >= 0.3 is 17.9 Å². The Balaban J connectivity index is 2.79. The van der Waals surface area contributed by atoms with Gasteiger partial charge in [-0.05, 0) is 0 Å². The van der Waals surface area contributed by atoms with Crippen LogP contribution in [0.2, 0.25) is 0 Å². The van der Waals surface area contributed by atoms with Crippen molar-refractivity contribution in [3.8, 4) is 12.3 Å². The minimum absolute atomic E-state index is 0.143. The Morgan fingerprint density at radius 1 is 1.19 bits per heavy atom. The lowest BCUT2D eigenvalue weighted by atomic mass is 10.1. The smallest absolute Gasteiger partial charge is 0.305 e. The molecule has 0 aromatic carbocycles. The molecule has 0 bridgehead atoms. The number of ether oxygens (including phenoxy) is 4. The molecule has 1 fully saturated rings. The minimum Gasteiger partial charge on any atom is -0.459 e. The van der Waals surface area contributed by atoms with E-state index >= 15 is 0 Å². The zero-order chi connectivity index (χ0) is 16.0. The second-order valence-electron chi connectivity index (χ2n) is 4.59. The van der Waals surface area contributed by atoms with Gasteiger partial charge in [-0.3, -0.25) is 14.4 Å². The van der Waals surface area contributed by atoms with Gasteiger partial charge in [0, 0.05) is 33.6 Å². The third kappa shape index (κ3) is 5.44. The van der Waals surface area contributed by atoms with Crippen LogP contribution in [0, 0.1) is 12.3 Å². The second-order valence-corrected chi connectivity index (χ2v) is 4.59. The van der Waals surface area contributed by atoms with Gasteiger partial charge in [0.1, 0.15) is 12.2 Å². The lowest BCUT2D eigenvalue weighted by Crippen LogP contribution is -2.31. The zero-order valence-corrected chi connectivity index (χ0v) is 12.2. The van der Waals surface area contributed by atoms with Gasteiger partial charge in [0.25, 0.3) is 0 Å². The topological polar surface area (TPSA) is 88.1 Å². The summed E-state index contributed by atoms with van der Waals surface area (Å²) in [7, 11) is 0. The summed E-state index contributed by atoms with van der Waals surface area (Å²) in [5.74, 6) is 0.791. The first-order valence-electron chi connectivity index (χ1n) is 6.44. The molecule has 0 N–H and O–H groups in total. The van der Waals surface area contributed by atoms with E-state index in [4.69, 9.17) is 25.4 Å². The fourth-order valence-electron chi connectivity index (χ4n) is 2.06. The first-order chi connectivity index (χ1) is 9.83. The fraction of sp³-hybridized carbons (Fsp3) is 0.643. The largest absolute Gasteiger partial charge is 0.459 e. The maximum Gasteiger partial charge on any atom is 0.305 e. The number of terminal acetylenes is 1. The molecule has 21 heavy (non-hydrogen) atoms. The molecule has 0 spiro atoms. The van der Waals surface area contributed by atoms with Crippen molar-refractivity contribution in [1.82, 2.24) is 0 Å². The predicted octanol–water partition coefficient (Wildman–Crippen LogP) is 0.551. The number of carbonyl (C=O) groups is 3. The summed E-state index contributed by atoms with van der Waals surface area (Å²) in [5.41, 5.74) is 0. The number of hydrogen-bond acceptors (Lipinski definition) is 7. The van der Waals surface area contributed by atoms with Gasteiger partial charge in [0.05, 0.1) is 0 Å². The Labute approximate surface area is 122 Å². The van der Waals surface area contributed by atoms with E-state index in [0.717, 1.165) is 0 Å². The van der Waals surface area contributed by atoms with Crippen LogP contribution in [0.4, 0.5) is 0 Å². The Kier molecular flexibility index (Phi) is 6.18. The zero-order valence-electron chi connectivity index (χ0n) is 12.2. The van der Waals surface area contributed by atoms with E-state index < -0.39 is 42.5 Å². The summed E-state index contributed by atoms with van der Waals surface area (Å²) in [6.07, 6.45) is 2.50. The van der Waals surface area contributed by atoms with E-state index in [2.05, 4.69) is 5.92 Å². The monoisotopic (exact) mass is 298 g/mol. The quantitative estimate of drug-likeness (QED) is 0.416. The molecular weight excluding hydrogens is 280 g/mol. The van der Waals surface area contributed by atoms with Crippen molar-refractivity contribution in [2.75, 3.05) is 0 Å². The molecule has 0 aromatic rings. The molecule has 0 unspecified atom stereocenters. The van der Waals surface area contributed by atoms with Crippen LogP contribution in [0.25, 0.3) is 0 Å². The van der Waals surface area contributed by atoms with Gasteiger partial charge in [-0.15, -0.1) is 12.3 Å². The summed E-state index contributed by atoms with van der Waals surface area (Å²) in [6.45, 7) is 3.71. The summed E-state index contributed by atoms with van der Waals surface area (Å²) >= 11 is 0. The van der Waals surface area contributed by atoms with Crippen molar-refractivity contribution in [3.63, 3.8) is 0 Å². The molecule has 4 atom stereocenters. The molecule has 1 rings (SSSR count). The molecule has 0 aromatic heterocycles. The second kappa shape index (κ2) is 7.64. The molecule has 1 heterocycles. The van der Waals surface area contributed by atoms with Crippen LogP contribution < -0.4 is 0 Å². The third-order valence-corrected chi connectivity index (χ3v) is 2.73. The van der Waals surface area contributed by atoms with E-state index in [1.54, 1.807) is 0 Å². The molecule has 1 aliphatic heterocycles. The molecule has 7 heteroatoms. The van der Waals surface area contributed by atoms with Crippen LogP contribution in [-0.2, 0) is 33.3 Å². The average molecular weight is 298 g/mol. The minimum atomic E-state index is -1.03. The van der Waals surface area contributed by atoms with Crippen LogP contribution in [-0.4, -0.2) is 42.5 Å². The predicted molar refractivity (Wildman–Crippen MR) is 69.6 cm³/mol. The summed E-state index contributed by atoms with van der Waals surface area (Å²) in [6, 6.07) is 0. The number of hydrogen-bond donors (Lipinski definition) is 0. The van der Waals surface area contributed by atoms with Gasteiger partial charge in [-0.2, -0.15) is 0 Å². The van der Waals surface area contributed by atoms with Gasteiger partial charge in [-0.25, -0.2) is 0 Å². The first kappa shape index (κ1) is 17.0.